The van der Waals surface area contributed by atoms with Gasteiger partial charge in [0.2, 0.25) is 5.91 Å². The molecule has 0 atom stereocenters. The van der Waals surface area contributed by atoms with Crippen LogP contribution < -0.4 is 15.0 Å². The minimum Gasteiger partial charge on any atom is -0.495 e. The minimum atomic E-state index is -0.511. The van der Waals surface area contributed by atoms with Crippen molar-refractivity contribution in [2.45, 2.75) is 12.8 Å². The van der Waals surface area contributed by atoms with Crippen molar-refractivity contribution in [2.24, 2.45) is 5.92 Å². The molecule has 2 aromatic heterocycles. The molecule has 1 N–H and O–H groups in total. The molecule has 0 bridgehead atoms. The standard InChI is InChI=1S/C19H20N8O4/c1-31-16-3-2-14(27(29)30)10-15(16)22-19(28)13-6-8-25(9-7-13)17-4-5-18(24-23-17)26-12-20-11-21-26/h2-5,10-13H,6-9H2,1H3,(H,22,28). The maximum Gasteiger partial charge on any atom is 0.271 e. The predicted octanol–water partition coefficient (Wildman–Crippen LogP) is 1.83. The molecule has 0 spiro atoms. The summed E-state index contributed by atoms with van der Waals surface area (Å²) in [7, 11) is 1.45. The van der Waals surface area contributed by atoms with Crippen molar-refractivity contribution in [1.82, 2.24) is 25.0 Å². The topological polar surface area (TPSA) is 141 Å². The summed E-state index contributed by atoms with van der Waals surface area (Å²) in [5.74, 6) is 1.26. The van der Waals surface area contributed by atoms with E-state index in [1.165, 1.54) is 36.3 Å². The second-order valence-electron chi connectivity index (χ2n) is 6.98. The Hall–Kier alpha value is -4.09. The van der Waals surface area contributed by atoms with Gasteiger partial charge in [0.25, 0.3) is 5.69 Å². The van der Waals surface area contributed by atoms with E-state index in [1.807, 2.05) is 12.1 Å². The van der Waals surface area contributed by atoms with Gasteiger partial charge in [-0.2, -0.15) is 5.10 Å². The number of piperidine rings is 1. The molecule has 3 aromatic rings. The number of nitrogens with zero attached hydrogens (tertiary/aromatic N) is 7. The highest BCUT2D eigenvalue weighted by Crippen LogP contribution is 2.30. The van der Waals surface area contributed by atoms with Gasteiger partial charge in [0, 0.05) is 31.1 Å². The molecule has 1 aliphatic heterocycles. The van der Waals surface area contributed by atoms with Crippen LogP contribution in [0.2, 0.25) is 0 Å². The third kappa shape index (κ3) is 4.42. The fourth-order valence-electron chi connectivity index (χ4n) is 3.45. The fourth-order valence-corrected chi connectivity index (χ4v) is 3.45. The van der Waals surface area contributed by atoms with E-state index in [2.05, 4.69) is 30.5 Å². The number of aromatic nitrogens is 5. The van der Waals surface area contributed by atoms with Gasteiger partial charge in [-0.15, -0.1) is 10.2 Å². The number of hydrogen-bond donors (Lipinski definition) is 1. The van der Waals surface area contributed by atoms with Crippen molar-refractivity contribution in [2.75, 3.05) is 30.4 Å². The molecule has 1 amide bonds. The van der Waals surface area contributed by atoms with Crippen molar-refractivity contribution in [3.8, 4) is 11.6 Å². The van der Waals surface area contributed by atoms with E-state index in [-0.39, 0.29) is 17.5 Å². The second kappa shape index (κ2) is 8.73. The molecule has 0 saturated carbocycles. The Bertz CT molecular complexity index is 1060. The Morgan fingerprint density at radius 2 is 1.94 bits per heavy atom. The molecular weight excluding hydrogens is 404 g/mol. The molecule has 160 valence electrons. The van der Waals surface area contributed by atoms with E-state index < -0.39 is 4.92 Å². The van der Waals surface area contributed by atoms with Crippen LogP contribution in [0.15, 0.2) is 43.0 Å². The predicted molar refractivity (Wildman–Crippen MR) is 110 cm³/mol. The van der Waals surface area contributed by atoms with Crippen LogP contribution in [0.1, 0.15) is 12.8 Å². The van der Waals surface area contributed by atoms with Crippen LogP contribution in [0, 0.1) is 16.0 Å². The van der Waals surface area contributed by atoms with Crippen LogP contribution in [0.3, 0.4) is 0 Å². The lowest BCUT2D eigenvalue weighted by atomic mass is 9.95. The Morgan fingerprint density at radius 1 is 1.19 bits per heavy atom. The monoisotopic (exact) mass is 424 g/mol. The molecule has 12 nitrogen and oxygen atoms in total. The van der Waals surface area contributed by atoms with Crippen LogP contribution >= 0.6 is 0 Å². The van der Waals surface area contributed by atoms with Gasteiger partial charge < -0.3 is 15.0 Å². The van der Waals surface area contributed by atoms with Crippen LogP contribution in [0.4, 0.5) is 17.2 Å². The van der Waals surface area contributed by atoms with Crippen LogP contribution in [-0.2, 0) is 4.79 Å². The van der Waals surface area contributed by atoms with Gasteiger partial charge in [-0.1, -0.05) is 0 Å². The number of nitro groups is 1. The molecular formula is C19H20N8O4. The Labute approximate surface area is 177 Å². The normalized spacial score (nSPS) is 14.3. The van der Waals surface area contributed by atoms with Gasteiger partial charge in [-0.25, -0.2) is 9.67 Å². The van der Waals surface area contributed by atoms with Crippen molar-refractivity contribution >= 4 is 23.1 Å². The third-order valence-electron chi connectivity index (χ3n) is 5.13. The van der Waals surface area contributed by atoms with E-state index >= 15 is 0 Å². The molecule has 31 heavy (non-hydrogen) atoms. The second-order valence-corrected chi connectivity index (χ2v) is 6.98. The maximum atomic E-state index is 12.7. The van der Waals surface area contributed by atoms with E-state index in [0.717, 1.165) is 5.82 Å². The summed E-state index contributed by atoms with van der Waals surface area (Å²) in [5, 5.41) is 26.2. The smallest absolute Gasteiger partial charge is 0.271 e. The first kappa shape index (κ1) is 20.2. The summed E-state index contributed by atoms with van der Waals surface area (Å²) in [6, 6.07) is 7.78. The van der Waals surface area contributed by atoms with Crippen molar-refractivity contribution in [1.29, 1.82) is 0 Å². The number of nitro benzene ring substituents is 1. The number of non-ortho nitro benzene ring substituents is 1. The van der Waals surface area contributed by atoms with Crippen molar-refractivity contribution < 1.29 is 14.5 Å². The average molecular weight is 424 g/mol. The van der Waals surface area contributed by atoms with Crippen molar-refractivity contribution in [3.63, 3.8) is 0 Å². The molecule has 1 aliphatic rings. The van der Waals surface area contributed by atoms with E-state index in [1.54, 1.807) is 6.33 Å². The summed E-state index contributed by atoms with van der Waals surface area (Å²) in [4.78, 5) is 29.2. The highest BCUT2D eigenvalue weighted by molar-refractivity contribution is 5.94. The van der Waals surface area contributed by atoms with Crippen LogP contribution in [-0.4, -0.2) is 56.0 Å². The number of hydrogen-bond acceptors (Lipinski definition) is 9. The summed E-state index contributed by atoms with van der Waals surface area (Å²) in [6.07, 6.45) is 4.21. The highest BCUT2D eigenvalue weighted by Gasteiger charge is 2.27. The minimum absolute atomic E-state index is 0.112. The molecule has 1 saturated heterocycles. The van der Waals surface area contributed by atoms with E-state index in [9.17, 15) is 14.9 Å². The number of nitrogens with one attached hydrogen (secondary N) is 1. The summed E-state index contributed by atoms with van der Waals surface area (Å²) < 4.78 is 6.73. The Morgan fingerprint density at radius 3 is 2.55 bits per heavy atom. The summed E-state index contributed by atoms with van der Waals surface area (Å²) >= 11 is 0. The molecule has 4 rings (SSSR count). The van der Waals surface area contributed by atoms with Gasteiger partial charge in [-0.05, 0) is 31.0 Å². The first-order valence-electron chi connectivity index (χ1n) is 9.62. The number of amides is 1. The summed E-state index contributed by atoms with van der Waals surface area (Å²) in [5.41, 5.74) is 0.178. The van der Waals surface area contributed by atoms with Gasteiger partial charge in [-0.3, -0.25) is 14.9 Å². The maximum absolute atomic E-state index is 12.7. The van der Waals surface area contributed by atoms with Crippen LogP contribution in [0.5, 0.6) is 5.75 Å². The highest BCUT2D eigenvalue weighted by atomic mass is 16.6. The van der Waals surface area contributed by atoms with Crippen molar-refractivity contribution in [3.05, 3.63) is 53.1 Å². The summed E-state index contributed by atoms with van der Waals surface area (Å²) in [6.45, 7) is 1.28. The molecule has 3 heterocycles. The quantitative estimate of drug-likeness (QED) is 0.463. The zero-order chi connectivity index (χ0) is 21.8. The number of carbonyl (C=O) groups is 1. The van der Waals surface area contributed by atoms with Gasteiger partial charge in [0.1, 0.15) is 18.4 Å². The lowest BCUT2D eigenvalue weighted by Gasteiger charge is -2.31. The molecule has 0 unspecified atom stereocenters. The third-order valence-corrected chi connectivity index (χ3v) is 5.13. The van der Waals surface area contributed by atoms with E-state index in [0.29, 0.717) is 43.2 Å². The van der Waals surface area contributed by atoms with Crippen LogP contribution in [0.25, 0.3) is 5.82 Å². The lowest BCUT2D eigenvalue weighted by Crippen LogP contribution is -2.38. The SMILES string of the molecule is COc1ccc([N+](=O)[O-])cc1NC(=O)C1CCN(c2ccc(-n3cncn3)nn2)CC1. The number of benzene rings is 1. The van der Waals surface area contributed by atoms with Gasteiger partial charge >= 0.3 is 0 Å². The first-order chi connectivity index (χ1) is 15.0. The zero-order valence-corrected chi connectivity index (χ0v) is 16.7. The van der Waals surface area contributed by atoms with Gasteiger partial charge in [0.05, 0.1) is 17.7 Å². The largest absolute Gasteiger partial charge is 0.495 e. The Balaban J connectivity index is 1.37. The number of ether oxygens (including phenoxy) is 1. The average Bonchev–Trinajstić information content (AvgIpc) is 3.34. The molecule has 12 heteroatoms. The number of anilines is 2. The number of rotatable bonds is 6. The Kier molecular flexibility index (Phi) is 5.69. The van der Waals surface area contributed by atoms with E-state index in [4.69, 9.17) is 4.74 Å². The fraction of sp³-hybridized carbons (Fsp3) is 0.316. The zero-order valence-electron chi connectivity index (χ0n) is 16.7. The molecule has 1 fully saturated rings. The number of methoxy groups -OCH3 is 1. The molecule has 1 aromatic carbocycles. The first-order valence-corrected chi connectivity index (χ1v) is 9.62. The lowest BCUT2D eigenvalue weighted by molar-refractivity contribution is -0.384. The number of carbonyl (C=O) groups excluding carboxylic acids is 1. The molecule has 0 radical (unpaired) electrons. The molecule has 0 aliphatic carbocycles. The van der Waals surface area contributed by atoms with Gasteiger partial charge in [0.15, 0.2) is 11.6 Å².